The maximum atomic E-state index is 10.5. The first-order chi connectivity index (χ1) is 5.22. The average Bonchev–Trinajstić information content (AvgIpc) is 1.97. The molecule has 0 saturated carbocycles. The van der Waals surface area contributed by atoms with Crippen LogP contribution >= 0.6 is 0 Å². The normalized spacial score (nSPS) is 14.4. The van der Waals surface area contributed by atoms with Crippen LogP contribution in [-0.2, 0) is 4.79 Å². The predicted molar refractivity (Wildman–Crippen MR) is 45.4 cm³/mol. The smallest absolute Gasteiger partial charge is 0.310 e. The van der Waals surface area contributed by atoms with E-state index in [0.717, 1.165) is 0 Å². The van der Waals surface area contributed by atoms with Gasteiger partial charge in [-0.25, -0.2) is 0 Å². The molecule has 1 unspecified atom stereocenters. The summed E-state index contributed by atoms with van der Waals surface area (Å²) in [7, 11) is 0. The van der Waals surface area contributed by atoms with Gasteiger partial charge >= 0.3 is 5.97 Å². The molecule has 0 fully saturated rings. The number of carboxylic acids is 1. The Morgan fingerprint density at radius 3 is 2.45 bits per heavy atom. The average molecular weight is 154 g/mol. The monoisotopic (exact) mass is 154 g/mol. The molecular weight excluding hydrogens is 140 g/mol. The summed E-state index contributed by atoms with van der Waals surface area (Å²) < 4.78 is 0. The summed E-state index contributed by atoms with van der Waals surface area (Å²) in [6, 6.07) is 0. The summed E-state index contributed by atoms with van der Waals surface area (Å²) in [5.41, 5.74) is 0. The van der Waals surface area contributed by atoms with Crippen LogP contribution in [0.3, 0.4) is 0 Å². The van der Waals surface area contributed by atoms with E-state index in [1.54, 1.807) is 12.2 Å². The second-order valence-corrected chi connectivity index (χ2v) is 2.28. The van der Waals surface area contributed by atoms with Crippen molar-refractivity contribution in [1.29, 1.82) is 0 Å². The largest absolute Gasteiger partial charge is 0.481 e. The number of hydrogen-bond acceptors (Lipinski definition) is 1. The van der Waals surface area contributed by atoms with Crippen molar-refractivity contribution in [3.8, 4) is 0 Å². The van der Waals surface area contributed by atoms with E-state index in [1.807, 2.05) is 26.0 Å². The van der Waals surface area contributed by atoms with Gasteiger partial charge in [-0.3, -0.25) is 4.79 Å². The number of hydrogen-bond donors (Lipinski definition) is 1. The molecule has 0 amide bonds. The minimum atomic E-state index is -0.763. The first-order valence-electron chi connectivity index (χ1n) is 3.69. The van der Waals surface area contributed by atoms with Gasteiger partial charge in [0.05, 0.1) is 5.92 Å². The molecule has 1 N–H and O–H groups in total. The first-order valence-corrected chi connectivity index (χ1v) is 3.69. The molecule has 11 heavy (non-hydrogen) atoms. The Kier molecular flexibility index (Phi) is 5.17. The Morgan fingerprint density at radius 1 is 1.45 bits per heavy atom. The van der Waals surface area contributed by atoms with Gasteiger partial charge < -0.3 is 5.11 Å². The minimum Gasteiger partial charge on any atom is -0.481 e. The number of carbonyl (C=O) groups is 1. The van der Waals surface area contributed by atoms with Gasteiger partial charge in [0.2, 0.25) is 0 Å². The fourth-order valence-corrected chi connectivity index (χ4v) is 0.777. The predicted octanol–water partition coefficient (Wildman–Crippen LogP) is 2.23. The summed E-state index contributed by atoms with van der Waals surface area (Å²) in [6.45, 7) is 3.71. The third kappa shape index (κ3) is 4.37. The number of rotatable bonds is 4. The van der Waals surface area contributed by atoms with Crippen LogP contribution < -0.4 is 0 Å². The van der Waals surface area contributed by atoms with Crippen LogP contribution in [0.15, 0.2) is 24.3 Å². The van der Waals surface area contributed by atoms with E-state index in [2.05, 4.69) is 0 Å². The standard InChI is InChI=1S/C9H14O2/c1-3-5-7-8(6-4-2)9(10)11/h3-6,8H,7H2,1-2H3,(H,10,11)/b5-3+,6-4+. The van der Waals surface area contributed by atoms with Crippen LogP contribution in [0.4, 0.5) is 0 Å². The van der Waals surface area contributed by atoms with Crippen molar-refractivity contribution < 1.29 is 9.90 Å². The van der Waals surface area contributed by atoms with E-state index >= 15 is 0 Å². The van der Waals surface area contributed by atoms with Crippen molar-refractivity contribution in [2.75, 3.05) is 0 Å². The molecule has 0 aliphatic heterocycles. The fraction of sp³-hybridized carbons (Fsp3) is 0.444. The van der Waals surface area contributed by atoms with Crippen molar-refractivity contribution in [3.63, 3.8) is 0 Å². The van der Waals surface area contributed by atoms with E-state index in [1.165, 1.54) is 0 Å². The molecular formula is C9H14O2. The van der Waals surface area contributed by atoms with E-state index < -0.39 is 5.97 Å². The van der Waals surface area contributed by atoms with Crippen molar-refractivity contribution in [2.24, 2.45) is 5.92 Å². The molecule has 2 heteroatoms. The lowest BCUT2D eigenvalue weighted by Gasteiger charge is -2.01. The molecule has 0 radical (unpaired) electrons. The summed E-state index contributed by atoms with van der Waals surface area (Å²) in [4.78, 5) is 10.5. The van der Waals surface area contributed by atoms with Crippen LogP contribution in [-0.4, -0.2) is 11.1 Å². The van der Waals surface area contributed by atoms with Gasteiger partial charge in [-0.15, -0.1) is 0 Å². The highest BCUT2D eigenvalue weighted by Crippen LogP contribution is 2.05. The van der Waals surface area contributed by atoms with E-state index in [0.29, 0.717) is 6.42 Å². The van der Waals surface area contributed by atoms with Crippen LogP contribution in [0.1, 0.15) is 20.3 Å². The SMILES string of the molecule is C/C=C/CC(/C=C/C)C(=O)O. The topological polar surface area (TPSA) is 37.3 Å². The highest BCUT2D eigenvalue weighted by Gasteiger charge is 2.10. The number of allylic oxidation sites excluding steroid dienone is 3. The zero-order valence-corrected chi connectivity index (χ0v) is 6.95. The van der Waals surface area contributed by atoms with Gasteiger partial charge in [0.1, 0.15) is 0 Å². The Morgan fingerprint density at radius 2 is 2.09 bits per heavy atom. The van der Waals surface area contributed by atoms with Crippen LogP contribution in [0.2, 0.25) is 0 Å². The first kappa shape index (κ1) is 9.95. The van der Waals surface area contributed by atoms with Crippen molar-refractivity contribution in [3.05, 3.63) is 24.3 Å². The molecule has 0 spiro atoms. The van der Waals surface area contributed by atoms with Crippen LogP contribution in [0.25, 0.3) is 0 Å². The molecule has 0 aromatic carbocycles. The number of carboxylic acid groups (broad SMARTS) is 1. The minimum absolute atomic E-state index is 0.365. The molecule has 0 rings (SSSR count). The quantitative estimate of drug-likeness (QED) is 0.630. The highest BCUT2D eigenvalue weighted by molar-refractivity contribution is 5.72. The molecule has 0 heterocycles. The van der Waals surface area contributed by atoms with E-state index in [-0.39, 0.29) is 5.92 Å². The lowest BCUT2D eigenvalue weighted by molar-refractivity contribution is -0.139. The van der Waals surface area contributed by atoms with Crippen molar-refractivity contribution >= 4 is 5.97 Å². The molecule has 2 nitrogen and oxygen atoms in total. The van der Waals surface area contributed by atoms with Gasteiger partial charge in [-0.2, -0.15) is 0 Å². The zero-order chi connectivity index (χ0) is 8.69. The molecule has 1 atom stereocenters. The summed E-state index contributed by atoms with van der Waals surface area (Å²) in [6.07, 6.45) is 7.76. The molecule has 0 aliphatic rings. The molecule has 62 valence electrons. The second-order valence-electron chi connectivity index (χ2n) is 2.28. The molecule has 0 bridgehead atoms. The maximum absolute atomic E-state index is 10.5. The second kappa shape index (κ2) is 5.71. The molecule has 0 aromatic heterocycles. The third-order valence-electron chi connectivity index (χ3n) is 1.37. The Bertz CT molecular complexity index is 168. The van der Waals surface area contributed by atoms with Gasteiger partial charge in [0.15, 0.2) is 0 Å². The molecule has 0 aliphatic carbocycles. The van der Waals surface area contributed by atoms with Crippen molar-refractivity contribution in [2.45, 2.75) is 20.3 Å². The summed E-state index contributed by atoms with van der Waals surface area (Å²) in [5, 5.41) is 8.65. The molecule has 0 aromatic rings. The van der Waals surface area contributed by atoms with Gasteiger partial charge in [0, 0.05) is 0 Å². The van der Waals surface area contributed by atoms with Gasteiger partial charge in [0.25, 0.3) is 0 Å². The van der Waals surface area contributed by atoms with E-state index in [4.69, 9.17) is 5.11 Å². The van der Waals surface area contributed by atoms with Crippen LogP contribution in [0, 0.1) is 5.92 Å². The Labute approximate surface area is 67.2 Å². The van der Waals surface area contributed by atoms with Crippen LogP contribution in [0.5, 0.6) is 0 Å². The number of aliphatic carboxylic acids is 1. The Balaban J connectivity index is 4.00. The van der Waals surface area contributed by atoms with Gasteiger partial charge in [-0.1, -0.05) is 24.3 Å². The maximum Gasteiger partial charge on any atom is 0.310 e. The summed E-state index contributed by atoms with van der Waals surface area (Å²) in [5.74, 6) is -1.13. The zero-order valence-electron chi connectivity index (χ0n) is 6.95. The van der Waals surface area contributed by atoms with E-state index in [9.17, 15) is 4.79 Å². The third-order valence-corrected chi connectivity index (χ3v) is 1.37. The molecule has 0 saturated heterocycles. The fourth-order valence-electron chi connectivity index (χ4n) is 0.777. The highest BCUT2D eigenvalue weighted by atomic mass is 16.4. The lowest BCUT2D eigenvalue weighted by Crippen LogP contribution is -2.09. The van der Waals surface area contributed by atoms with Gasteiger partial charge in [-0.05, 0) is 20.3 Å². The Hall–Kier alpha value is -1.05. The summed E-state index contributed by atoms with van der Waals surface area (Å²) >= 11 is 0. The lowest BCUT2D eigenvalue weighted by atomic mass is 10.1. The van der Waals surface area contributed by atoms with Crippen molar-refractivity contribution in [1.82, 2.24) is 0 Å².